The van der Waals surface area contributed by atoms with Gasteiger partial charge in [0.1, 0.15) is 18.0 Å². The number of aryl methyl sites for hydroxylation is 1. The van der Waals surface area contributed by atoms with Crippen LogP contribution in [0.2, 0.25) is 0 Å². The highest BCUT2D eigenvalue weighted by Crippen LogP contribution is 2.27. The fourth-order valence-corrected chi connectivity index (χ4v) is 3.20. The van der Waals surface area contributed by atoms with Crippen LogP contribution in [0.3, 0.4) is 0 Å². The number of hydrogen-bond acceptors (Lipinski definition) is 7. The molecule has 7 heteroatoms. The van der Waals surface area contributed by atoms with Gasteiger partial charge in [0.25, 0.3) is 0 Å². The first-order chi connectivity index (χ1) is 12.2. The Morgan fingerprint density at radius 3 is 3.04 bits per heavy atom. The SMILES string of the molecule is Cc1nc(CN2CC[C@@H](Oc3cccc4ncccc34)[C@H](O)C2)no1. The summed E-state index contributed by atoms with van der Waals surface area (Å²) in [5.41, 5.74) is 0.888. The minimum absolute atomic E-state index is 0.242. The smallest absolute Gasteiger partial charge is 0.223 e. The molecule has 3 heterocycles. The second-order valence-electron chi connectivity index (χ2n) is 6.30. The molecule has 1 aliphatic heterocycles. The number of benzene rings is 1. The van der Waals surface area contributed by atoms with E-state index in [0.717, 1.165) is 29.6 Å². The molecule has 3 aromatic rings. The molecule has 0 spiro atoms. The summed E-state index contributed by atoms with van der Waals surface area (Å²) in [6.07, 6.45) is 1.68. The van der Waals surface area contributed by atoms with Gasteiger partial charge in [-0.3, -0.25) is 9.88 Å². The van der Waals surface area contributed by atoms with Crippen LogP contribution in [0.15, 0.2) is 41.1 Å². The zero-order valence-electron chi connectivity index (χ0n) is 14.0. The summed E-state index contributed by atoms with van der Waals surface area (Å²) >= 11 is 0. The van der Waals surface area contributed by atoms with Gasteiger partial charge in [-0.05, 0) is 30.7 Å². The van der Waals surface area contributed by atoms with Gasteiger partial charge >= 0.3 is 0 Å². The molecule has 1 aliphatic rings. The molecule has 0 saturated carbocycles. The highest BCUT2D eigenvalue weighted by atomic mass is 16.5. The summed E-state index contributed by atoms with van der Waals surface area (Å²) in [7, 11) is 0. The quantitative estimate of drug-likeness (QED) is 0.777. The van der Waals surface area contributed by atoms with Crippen molar-refractivity contribution in [1.29, 1.82) is 0 Å². The van der Waals surface area contributed by atoms with Crippen LogP contribution in [0.25, 0.3) is 10.9 Å². The molecule has 0 aliphatic carbocycles. The van der Waals surface area contributed by atoms with Crippen molar-refractivity contribution in [3.63, 3.8) is 0 Å². The maximum absolute atomic E-state index is 10.5. The van der Waals surface area contributed by atoms with Crippen molar-refractivity contribution in [2.45, 2.75) is 32.1 Å². The van der Waals surface area contributed by atoms with Gasteiger partial charge in [0.05, 0.1) is 12.1 Å². The molecule has 1 saturated heterocycles. The van der Waals surface area contributed by atoms with Crippen LogP contribution >= 0.6 is 0 Å². The van der Waals surface area contributed by atoms with E-state index in [9.17, 15) is 5.11 Å². The van der Waals surface area contributed by atoms with E-state index in [-0.39, 0.29) is 6.10 Å². The fourth-order valence-electron chi connectivity index (χ4n) is 3.20. The van der Waals surface area contributed by atoms with Crippen LogP contribution in [-0.2, 0) is 6.54 Å². The lowest BCUT2D eigenvalue weighted by Gasteiger charge is -2.35. The molecule has 1 aromatic carbocycles. The van der Waals surface area contributed by atoms with Crippen LogP contribution in [0, 0.1) is 6.92 Å². The largest absolute Gasteiger partial charge is 0.487 e. The Bertz CT molecular complexity index is 861. The molecule has 25 heavy (non-hydrogen) atoms. The second kappa shape index (κ2) is 6.78. The van der Waals surface area contributed by atoms with Crippen LogP contribution in [0.5, 0.6) is 5.75 Å². The predicted molar refractivity (Wildman–Crippen MR) is 91.1 cm³/mol. The third kappa shape index (κ3) is 3.47. The lowest BCUT2D eigenvalue weighted by molar-refractivity contribution is -0.0276. The number of β-amino-alcohol motifs (C(OH)–C–C–N with tert-alkyl or cyclic N) is 1. The van der Waals surface area contributed by atoms with Crippen molar-refractivity contribution in [3.8, 4) is 5.75 Å². The summed E-state index contributed by atoms with van der Waals surface area (Å²) in [6.45, 7) is 3.66. The van der Waals surface area contributed by atoms with Crippen molar-refractivity contribution in [2.75, 3.05) is 13.1 Å². The van der Waals surface area contributed by atoms with Gasteiger partial charge in [0, 0.05) is 31.6 Å². The van der Waals surface area contributed by atoms with E-state index in [1.54, 1.807) is 13.1 Å². The van der Waals surface area contributed by atoms with Crippen molar-refractivity contribution >= 4 is 10.9 Å². The zero-order chi connectivity index (χ0) is 17.2. The first-order valence-electron chi connectivity index (χ1n) is 8.39. The Hall–Kier alpha value is -2.51. The third-order valence-corrected chi connectivity index (χ3v) is 4.42. The highest BCUT2D eigenvalue weighted by Gasteiger charge is 2.30. The average molecular weight is 340 g/mol. The Morgan fingerprint density at radius 2 is 2.24 bits per heavy atom. The summed E-state index contributed by atoms with van der Waals surface area (Å²) in [5, 5.41) is 15.4. The molecule has 0 amide bonds. The molecule has 4 rings (SSSR count). The molecular formula is C18H20N4O3. The first-order valence-corrected chi connectivity index (χ1v) is 8.39. The van der Waals surface area contributed by atoms with Crippen LogP contribution < -0.4 is 4.74 Å². The highest BCUT2D eigenvalue weighted by molar-refractivity contribution is 5.84. The molecule has 7 nitrogen and oxygen atoms in total. The van der Waals surface area contributed by atoms with Crippen LogP contribution in [0.1, 0.15) is 18.1 Å². The van der Waals surface area contributed by atoms with Crippen LogP contribution in [0.4, 0.5) is 0 Å². The van der Waals surface area contributed by atoms with Crippen molar-refractivity contribution in [1.82, 2.24) is 20.0 Å². The summed E-state index contributed by atoms with van der Waals surface area (Å²) in [5.74, 6) is 1.96. The number of rotatable bonds is 4. The molecule has 0 radical (unpaired) electrons. The molecule has 0 bridgehead atoms. The van der Waals surface area contributed by atoms with E-state index >= 15 is 0 Å². The Morgan fingerprint density at radius 1 is 1.32 bits per heavy atom. The molecule has 130 valence electrons. The maximum atomic E-state index is 10.5. The normalized spacial score (nSPS) is 21.5. The predicted octanol–water partition coefficient (Wildman–Crippen LogP) is 1.94. The Labute approximate surface area is 145 Å². The lowest BCUT2D eigenvalue weighted by atomic mass is 10.0. The van der Waals surface area contributed by atoms with E-state index < -0.39 is 6.10 Å². The van der Waals surface area contributed by atoms with Crippen molar-refractivity contribution in [2.24, 2.45) is 0 Å². The van der Waals surface area contributed by atoms with E-state index in [0.29, 0.717) is 24.8 Å². The van der Waals surface area contributed by atoms with Crippen molar-refractivity contribution in [3.05, 3.63) is 48.2 Å². The van der Waals surface area contributed by atoms with Gasteiger partial charge in [-0.2, -0.15) is 4.98 Å². The van der Waals surface area contributed by atoms with Gasteiger partial charge in [-0.15, -0.1) is 0 Å². The van der Waals surface area contributed by atoms with Gasteiger partial charge in [0.2, 0.25) is 5.89 Å². The standard InChI is InChI=1S/C18H20N4O3/c1-12-20-18(21-25-12)11-22-9-7-17(15(23)10-22)24-16-6-2-5-14-13(16)4-3-8-19-14/h2-6,8,15,17,23H,7,9-11H2,1H3/t15-,17-/m1/s1. The number of aliphatic hydroxyl groups excluding tert-OH is 1. The second-order valence-corrected chi connectivity index (χ2v) is 6.30. The van der Waals surface area contributed by atoms with Gasteiger partial charge in [-0.25, -0.2) is 0 Å². The minimum Gasteiger partial charge on any atom is -0.487 e. The topological polar surface area (TPSA) is 84.5 Å². The van der Waals surface area contributed by atoms with Gasteiger partial charge < -0.3 is 14.4 Å². The number of pyridine rings is 1. The molecule has 2 aromatic heterocycles. The molecule has 2 atom stereocenters. The molecular weight excluding hydrogens is 320 g/mol. The molecule has 1 fully saturated rings. The van der Waals surface area contributed by atoms with Gasteiger partial charge in [-0.1, -0.05) is 11.2 Å². The number of hydrogen-bond donors (Lipinski definition) is 1. The number of likely N-dealkylation sites (tertiary alicyclic amines) is 1. The van der Waals surface area contributed by atoms with E-state index in [2.05, 4.69) is 20.0 Å². The van der Waals surface area contributed by atoms with E-state index in [1.807, 2.05) is 30.3 Å². The minimum atomic E-state index is -0.575. The summed E-state index contributed by atoms with van der Waals surface area (Å²) in [6, 6.07) is 9.67. The number of nitrogens with zero attached hydrogens (tertiary/aromatic N) is 4. The number of aliphatic hydroxyl groups is 1. The van der Waals surface area contributed by atoms with Gasteiger partial charge in [0.15, 0.2) is 5.82 Å². The van der Waals surface area contributed by atoms with Crippen LogP contribution in [-0.4, -0.2) is 50.4 Å². The first kappa shape index (κ1) is 16.0. The van der Waals surface area contributed by atoms with Crippen molar-refractivity contribution < 1.29 is 14.4 Å². The van der Waals surface area contributed by atoms with E-state index in [4.69, 9.17) is 9.26 Å². The Balaban J connectivity index is 1.42. The third-order valence-electron chi connectivity index (χ3n) is 4.42. The van der Waals surface area contributed by atoms with E-state index in [1.165, 1.54) is 0 Å². The molecule has 1 N–H and O–H groups in total. The number of fused-ring (bicyclic) bond motifs is 1. The zero-order valence-corrected chi connectivity index (χ0v) is 14.0. The lowest BCUT2D eigenvalue weighted by Crippen LogP contribution is -2.48. The number of aromatic nitrogens is 3. The number of ether oxygens (including phenoxy) is 1. The maximum Gasteiger partial charge on any atom is 0.223 e. The summed E-state index contributed by atoms with van der Waals surface area (Å²) < 4.78 is 11.1. The Kier molecular flexibility index (Phi) is 4.33. The monoisotopic (exact) mass is 340 g/mol. The fraction of sp³-hybridized carbons (Fsp3) is 0.389. The number of piperidine rings is 1. The molecule has 0 unspecified atom stereocenters. The summed E-state index contributed by atoms with van der Waals surface area (Å²) in [4.78, 5) is 10.7. The average Bonchev–Trinajstić information content (AvgIpc) is 3.02.